The normalized spacial score (nSPS) is 28.2. The first-order chi connectivity index (χ1) is 10.6. The summed E-state index contributed by atoms with van der Waals surface area (Å²) in [6.45, 7) is 4.03. The number of amides is 1. The van der Waals surface area contributed by atoms with Crippen LogP contribution in [0.3, 0.4) is 0 Å². The topological polar surface area (TPSA) is 72.2 Å². The molecule has 2 saturated carbocycles. The Balaban J connectivity index is 1.50. The maximum absolute atomic E-state index is 12.4. The van der Waals surface area contributed by atoms with Crippen LogP contribution in [0.15, 0.2) is 12.3 Å². The van der Waals surface area contributed by atoms with Crippen LogP contribution in [-0.2, 0) is 0 Å². The highest BCUT2D eigenvalue weighted by atomic mass is 16.2. The van der Waals surface area contributed by atoms with Crippen LogP contribution < -0.4 is 5.32 Å². The number of nitrogens with one attached hydrogen (secondary N) is 1. The van der Waals surface area contributed by atoms with Gasteiger partial charge in [-0.1, -0.05) is 6.42 Å². The second-order valence-corrected chi connectivity index (χ2v) is 6.83. The summed E-state index contributed by atoms with van der Waals surface area (Å²) in [7, 11) is 0. The second-order valence-electron chi connectivity index (χ2n) is 6.83. The lowest BCUT2D eigenvalue weighted by Gasteiger charge is -2.28. The fourth-order valence-corrected chi connectivity index (χ4v) is 4.29. The average Bonchev–Trinajstić information content (AvgIpc) is 3.22. The summed E-state index contributed by atoms with van der Waals surface area (Å²) in [5, 5.41) is 7.37. The number of rotatable bonds is 3. The van der Waals surface area contributed by atoms with E-state index in [9.17, 15) is 4.79 Å². The van der Waals surface area contributed by atoms with E-state index in [0.29, 0.717) is 11.7 Å². The van der Waals surface area contributed by atoms with Crippen molar-refractivity contribution >= 4 is 11.7 Å². The molecule has 2 aromatic heterocycles. The molecule has 4 atom stereocenters. The predicted molar refractivity (Wildman–Crippen MR) is 81.4 cm³/mol. The summed E-state index contributed by atoms with van der Waals surface area (Å²) in [5.74, 6) is 2.77. The molecule has 0 saturated heterocycles. The molecule has 1 amide bonds. The molecular formula is C16H21N5O. The minimum Gasteiger partial charge on any atom is -0.347 e. The van der Waals surface area contributed by atoms with Crippen LogP contribution in [0.25, 0.3) is 5.78 Å². The average molecular weight is 299 g/mol. The van der Waals surface area contributed by atoms with Gasteiger partial charge in [0.15, 0.2) is 0 Å². The van der Waals surface area contributed by atoms with E-state index in [4.69, 9.17) is 0 Å². The highest BCUT2D eigenvalue weighted by molar-refractivity contribution is 5.91. The summed E-state index contributed by atoms with van der Waals surface area (Å²) < 4.78 is 1.61. The molecule has 6 nitrogen and oxygen atoms in total. The molecule has 0 aromatic carbocycles. The lowest BCUT2D eigenvalue weighted by Crippen LogP contribution is -2.40. The van der Waals surface area contributed by atoms with Gasteiger partial charge in [0.1, 0.15) is 0 Å². The summed E-state index contributed by atoms with van der Waals surface area (Å²) >= 11 is 0. The van der Waals surface area contributed by atoms with Crippen molar-refractivity contribution in [1.29, 1.82) is 0 Å². The van der Waals surface area contributed by atoms with Crippen LogP contribution >= 0.6 is 0 Å². The monoisotopic (exact) mass is 299 g/mol. The maximum atomic E-state index is 12.4. The zero-order valence-corrected chi connectivity index (χ0v) is 13.0. The van der Waals surface area contributed by atoms with E-state index in [1.165, 1.54) is 25.7 Å². The zero-order chi connectivity index (χ0) is 15.3. The minimum atomic E-state index is -0.194. The van der Waals surface area contributed by atoms with E-state index in [1.54, 1.807) is 10.7 Å². The highest BCUT2D eigenvalue weighted by Gasteiger charge is 2.42. The van der Waals surface area contributed by atoms with Gasteiger partial charge in [-0.2, -0.15) is 4.98 Å². The number of nitrogens with zero attached hydrogens (tertiary/aromatic N) is 4. The van der Waals surface area contributed by atoms with Crippen LogP contribution in [0.5, 0.6) is 0 Å². The Morgan fingerprint density at radius 3 is 2.95 bits per heavy atom. The zero-order valence-electron chi connectivity index (χ0n) is 13.0. The predicted octanol–water partition coefficient (Wildman–Crippen LogP) is 1.99. The number of fused-ring (bicyclic) bond motifs is 3. The molecule has 0 spiro atoms. The summed E-state index contributed by atoms with van der Waals surface area (Å²) in [6.07, 6.45) is 6.98. The first-order valence-corrected chi connectivity index (χ1v) is 8.11. The van der Waals surface area contributed by atoms with Crippen molar-refractivity contribution in [1.82, 2.24) is 24.9 Å². The first-order valence-electron chi connectivity index (χ1n) is 8.11. The van der Waals surface area contributed by atoms with Gasteiger partial charge in [-0.3, -0.25) is 4.79 Å². The number of hydrogen-bond acceptors (Lipinski definition) is 4. The lowest BCUT2D eigenvalue weighted by atomic mass is 9.84. The van der Waals surface area contributed by atoms with Gasteiger partial charge in [-0.15, -0.1) is 5.10 Å². The Labute approximate surface area is 129 Å². The first kappa shape index (κ1) is 13.7. The standard InChI is InChI=1S/C16H21N5O/c1-9-5-6-17-16-19-14(20-21(9)16)15(22)18-10(2)13-8-11-3-4-12(13)7-11/h5-6,10-13H,3-4,7-8H2,1-2H3,(H,18,22)/t10-,11+,12+,13-/m0/s1. The van der Waals surface area contributed by atoms with Crippen molar-refractivity contribution in [3.8, 4) is 0 Å². The fraction of sp³-hybridized carbons (Fsp3) is 0.625. The third-order valence-electron chi connectivity index (χ3n) is 5.43. The molecule has 0 radical (unpaired) electrons. The minimum absolute atomic E-state index is 0.184. The summed E-state index contributed by atoms with van der Waals surface area (Å²) in [4.78, 5) is 20.8. The molecule has 0 aliphatic heterocycles. The molecule has 2 aliphatic carbocycles. The van der Waals surface area contributed by atoms with Gasteiger partial charge < -0.3 is 5.32 Å². The number of aryl methyl sites for hydroxylation is 1. The van der Waals surface area contributed by atoms with Crippen LogP contribution in [0.1, 0.15) is 48.9 Å². The van der Waals surface area contributed by atoms with Crippen LogP contribution in [0.4, 0.5) is 0 Å². The van der Waals surface area contributed by atoms with Gasteiger partial charge in [0.25, 0.3) is 11.7 Å². The van der Waals surface area contributed by atoms with E-state index >= 15 is 0 Å². The van der Waals surface area contributed by atoms with Crippen molar-refractivity contribution in [2.75, 3.05) is 0 Å². The number of carbonyl (C=O) groups excluding carboxylic acids is 1. The van der Waals surface area contributed by atoms with Crippen molar-refractivity contribution in [2.24, 2.45) is 17.8 Å². The van der Waals surface area contributed by atoms with Gasteiger partial charge in [-0.05, 0) is 56.9 Å². The molecule has 2 heterocycles. The summed E-state index contributed by atoms with van der Waals surface area (Å²) in [6, 6.07) is 2.03. The largest absolute Gasteiger partial charge is 0.347 e. The van der Waals surface area contributed by atoms with Crippen molar-refractivity contribution in [3.63, 3.8) is 0 Å². The Kier molecular flexibility index (Phi) is 3.13. The van der Waals surface area contributed by atoms with Crippen molar-refractivity contribution < 1.29 is 4.79 Å². The molecule has 22 heavy (non-hydrogen) atoms. The third kappa shape index (κ3) is 2.17. The Bertz CT molecular complexity index is 724. The molecule has 2 aliphatic rings. The van der Waals surface area contributed by atoms with Crippen molar-refractivity contribution in [3.05, 3.63) is 23.8 Å². The van der Waals surface area contributed by atoms with E-state index < -0.39 is 0 Å². The second kappa shape index (κ2) is 5.04. The lowest BCUT2D eigenvalue weighted by molar-refractivity contribution is 0.0905. The van der Waals surface area contributed by atoms with Crippen LogP contribution in [-0.4, -0.2) is 31.5 Å². The molecule has 116 valence electrons. The molecule has 2 fully saturated rings. The Morgan fingerprint density at radius 1 is 1.41 bits per heavy atom. The molecule has 4 rings (SSSR count). The number of hydrogen-bond donors (Lipinski definition) is 1. The van der Waals surface area contributed by atoms with Crippen LogP contribution in [0, 0.1) is 24.7 Å². The molecule has 0 unspecified atom stereocenters. The van der Waals surface area contributed by atoms with Gasteiger partial charge in [0.2, 0.25) is 5.82 Å². The number of carbonyl (C=O) groups is 1. The summed E-state index contributed by atoms with van der Waals surface area (Å²) in [5.41, 5.74) is 0.915. The van der Waals surface area contributed by atoms with Gasteiger partial charge in [-0.25, -0.2) is 9.50 Å². The third-order valence-corrected chi connectivity index (χ3v) is 5.43. The van der Waals surface area contributed by atoms with Gasteiger partial charge in [0, 0.05) is 17.9 Å². The molecule has 6 heteroatoms. The fourth-order valence-electron chi connectivity index (χ4n) is 4.29. The van der Waals surface area contributed by atoms with E-state index in [1.807, 2.05) is 13.0 Å². The Hall–Kier alpha value is -1.98. The smallest absolute Gasteiger partial charge is 0.291 e. The molecule has 1 N–H and O–H groups in total. The van der Waals surface area contributed by atoms with Crippen LogP contribution in [0.2, 0.25) is 0 Å². The van der Waals surface area contributed by atoms with E-state index in [2.05, 4.69) is 27.3 Å². The number of aromatic nitrogens is 4. The molecular weight excluding hydrogens is 278 g/mol. The van der Waals surface area contributed by atoms with Crippen molar-refractivity contribution in [2.45, 2.75) is 45.6 Å². The van der Waals surface area contributed by atoms with E-state index in [-0.39, 0.29) is 17.8 Å². The highest BCUT2D eigenvalue weighted by Crippen LogP contribution is 2.49. The quantitative estimate of drug-likeness (QED) is 0.940. The molecule has 2 bridgehead atoms. The Morgan fingerprint density at radius 2 is 2.27 bits per heavy atom. The van der Waals surface area contributed by atoms with E-state index in [0.717, 1.165) is 17.5 Å². The SMILES string of the molecule is Cc1ccnc2nc(C(=O)N[C@@H](C)[C@@H]3C[C@@H]4CC[C@@H]3C4)nn12. The van der Waals surface area contributed by atoms with Gasteiger partial charge >= 0.3 is 0 Å². The van der Waals surface area contributed by atoms with Gasteiger partial charge in [0.05, 0.1) is 0 Å². The molecule has 2 aromatic rings. The maximum Gasteiger partial charge on any atom is 0.291 e.